The van der Waals surface area contributed by atoms with Crippen molar-refractivity contribution in [2.75, 3.05) is 6.61 Å². The number of hydrogen-bond acceptors (Lipinski definition) is 1. The largest absolute Gasteiger partial charge is 0.411 e. The minimum absolute atomic E-state index is 0.312. The molecule has 0 rings (SSSR count). The fraction of sp³-hybridized carbons (Fsp3) is 0.714. The van der Waals surface area contributed by atoms with Gasteiger partial charge in [-0.1, -0.05) is 6.92 Å². The molecule has 0 radical (unpaired) electrons. The highest BCUT2D eigenvalue weighted by Crippen LogP contribution is 2.29. The van der Waals surface area contributed by atoms with Crippen LogP contribution in [0.15, 0.2) is 11.7 Å². The summed E-state index contributed by atoms with van der Waals surface area (Å²) in [6.07, 6.45) is -3.82. The normalized spacial score (nSPS) is 14.5. The Hall–Kier alpha value is -0.580. The van der Waals surface area contributed by atoms with E-state index in [2.05, 4.69) is 4.74 Å². The van der Waals surface area contributed by atoms with Gasteiger partial charge in [0.15, 0.2) is 0 Å². The first-order valence-corrected chi connectivity index (χ1v) is 3.46. The topological polar surface area (TPSA) is 9.23 Å². The molecule has 0 N–H and O–H groups in total. The number of alkyl halides is 2. The summed E-state index contributed by atoms with van der Waals surface area (Å²) in [4.78, 5) is 0. The minimum atomic E-state index is -4.13. The molecule has 72 valence electrons. The molecule has 0 amide bonds. The van der Waals surface area contributed by atoms with Gasteiger partial charge in [0.2, 0.25) is 5.83 Å². The Morgan fingerprint density at radius 3 is 2.17 bits per heavy atom. The van der Waals surface area contributed by atoms with Crippen LogP contribution in [0.1, 0.15) is 20.3 Å². The molecule has 0 aromatic heterocycles. The van der Waals surface area contributed by atoms with E-state index < -0.39 is 17.8 Å². The fourth-order valence-electron chi connectivity index (χ4n) is 0.494. The highest BCUT2D eigenvalue weighted by atomic mass is 19.3. The average Bonchev–Trinajstić information content (AvgIpc) is 1.99. The summed E-state index contributed by atoms with van der Waals surface area (Å²) in [7, 11) is 0. The van der Waals surface area contributed by atoms with Crippen LogP contribution >= 0.6 is 0 Å². The third-order valence-electron chi connectivity index (χ3n) is 1.05. The number of allylic oxidation sites excluding steroid dienone is 1. The van der Waals surface area contributed by atoms with Gasteiger partial charge in [-0.3, -0.25) is 0 Å². The van der Waals surface area contributed by atoms with E-state index in [1.54, 1.807) is 6.92 Å². The van der Waals surface area contributed by atoms with E-state index in [1.807, 2.05) is 0 Å². The van der Waals surface area contributed by atoms with Gasteiger partial charge in [-0.05, 0) is 13.3 Å². The molecule has 0 aromatic carbocycles. The quantitative estimate of drug-likeness (QED) is 0.612. The molecule has 0 unspecified atom stereocenters. The van der Waals surface area contributed by atoms with Crippen LogP contribution in [0.5, 0.6) is 0 Å². The summed E-state index contributed by atoms with van der Waals surface area (Å²) in [5, 5.41) is 0. The van der Waals surface area contributed by atoms with Crippen molar-refractivity contribution in [2.24, 2.45) is 0 Å². The predicted molar refractivity (Wildman–Crippen MR) is 36.1 cm³/mol. The Morgan fingerprint density at radius 2 is 1.83 bits per heavy atom. The third-order valence-corrected chi connectivity index (χ3v) is 1.05. The molecule has 1 nitrogen and oxygen atoms in total. The van der Waals surface area contributed by atoms with Gasteiger partial charge >= 0.3 is 6.11 Å². The molecule has 0 aliphatic rings. The van der Waals surface area contributed by atoms with Crippen molar-refractivity contribution in [1.29, 1.82) is 0 Å². The van der Waals surface area contributed by atoms with Crippen LogP contribution in [0.3, 0.4) is 0 Å². The van der Waals surface area contributed by atoms with Gasteiger partial charge in [0.25, 0.3) is 0 Å². The van der Waals surface area contributed by atoms with Crippen LogP contribution in [-0.2, 0) is 4.74 Å². The summed E-state index contributed by atoms with van der Waals surface area (Å²) in [6.45, 7) is 1.88. The molecular weight excluding hydrogens is 176 g/mol. The van der Waals surface area contributed by atoms with Gasteiger partial charge in [-0.25, -0.2) is 4.39 Å². The lowest BCUT2D eigenvalue weighted by atomic mass is 10.4. The number of rotatable bonds is 4. The maximum Gasteiger partial charge on any atom is 0.411 e. The first-order chi connectivity index (χ1) is 5.41. The van der Waals surface area contributed by atoms with Crippen LogP contribution in [0.4, 0.5) is 17.6 Å². The van der Waals surface area contributed by atoms with Crippen molar-refractivity contribution < 1.29 is 22.3 Å². The monoisotopic (exact) mass is 186 g/mol. The zero-order valence-electron chi connectivity index (χ0n) is 6.83. The summed E-state index contributed by atoms with van der Waals surface area (Å²) < 4.78 is 52.7. The van der Waals surface area contributed by atoms with Gasteiger partial charge < -0.3 is 4.74 Å². The second kappa shape index (κ2) is 4.45. The van der Waals surface area contributed by atoms with Gasteiger partial charge in [0.1, 0.15) is 5.83 Å². The lowest BCUT2D eigenvalue weighted by molar-refractivity contribution is -0.221. The average molecular weight is 186 g/mol. The van der Waals surface area contributed by atoms with Crippen LogP contribution in [0.2, 0.25) is 0 Å². The van der Waals surface area contributed by atoms with E-state index in [-0.39, 0.29) is 6.61 Å². The highest BCUT2D eigenvalue weighted by molar-refractivity contribution is 5.03. The SMILES string of the molecule is CCCOC(F)(F)/C(F)=C(/C)F. The van der Waals surface area contributed by atoms with E-state index in [1.165, 1.54) is 0 Å². The second-order valence-corrected chi connectivity index (χ2v) is 2.21. The Kier molecular flexibility index (Phi) is 4.23. The van der Waals surface area contributed by atoms with Crippen LogP contribution in [0.25, 0.3) is 0 Å². The van der Waals surface area contributed by atoms with Gasteiger partial charge in [0, 0.05) is 0 Å². The summed E-state index contributed by atoms with van der Waals surface area (Å²) in [5.74, 6) is -3.72. The van der Waals surface area contributed by atoms with E-state index in [4.69, 9.17) is 0 Å². The molecule has 0 aliphatic heterocycles. The first-order valence-electron chi connectivity index (χ1n) is 3.46. The lowest BCUT2D eigenvalue weighted by Crippen LogP contribution is -2.22. The molecule has 0 aliphatic carbocycles. The molecular formula is C7H10F4O. The van der Waals surface area contributed by atoms with Crippen molar-refractivity contribution in [3.8, 4) is 0 Å². The van der Waals surface area contributed by atoms with E-state index in [0.29, 0.717) is 13.3 Å². The van der Waals surface area contributed by atoms with Crippen molar-refractivity contribution in [2.45, 2.75) is 26.4 Å². The molecule has 0 saturated carbocycles. The van der Waals surface area contributed by atoms with Gasteiger partial charge in [-0.2, -0.15) is 13.2 Å². The Balaban J connectivity index is 4.29. The van der Waals surface area contributed by atoms with E-state index in [0.717, 1.165) is 0 Å². The first kappa shape index (κ1) is 11.4. The maximum atomic E-state index is 12.4. The van der Waals surface area contributed by atoms with Crippen molar-refractivity contribution in [3.05, 3.63) is 11.7 Å². The van der Waals surface area contributed by atoms with E-state index in [9.17, 15) is 17.6 Å². The van der Waals surface area contributed by atoms with Gasteiger partial charge in [-0.15, -0.1) is 0 Å². The Morgan fingerprint density at radius 1 is 1.33 bits per heavy atom. The van der Waals surface area contributed by atoms with Crippen molar-refractivity contribution in [3.63, 3.8) is 0 Å². The predicted octanol–water partition coefficient (Wildman–Crippen LogP) is 3.18. The van der Waals surface area contributed by atoms with Gasteiger partial charge in [0.05, 0.1) is 6.61 Å². The molecule has 12 heavy (non-hydrogen) atoms. The van der Waals surface area contributed by atoms with Crippen LogP contribution in [-0.4, -0.2) is 12.7 Å². The molecule has 5 heteroatoms. The third kappa shape index (κ3) is 3.21. The molecule has 0 heterocycles. The molecule has 0 saturated heterocycles. The van der Waals surface area contributed by atoms with Crippen molar-refractivity contribution >= 4 is 0 Å². The minimum Gasteiger partial charge on any atom is -0.315 e. The molecule has 0 spiro atoms. The van der Waals surface area contributed by atoms with Crippen molar-refractivity contribution in [1.82, 2.24) is 0 Å². The Bertz CT molecular complexity index is 172. The smallest absolute Gasteiger partial charge is 0.315 e. The summed E-state index contributed by atoms with van der Waals surface area (Å²) in [6, 6.07) is 0. The number of hydrogen-bond donors (Lipinski definition) is 0. The summed E-state index contributed by atoms with van der Waals surface area (Å²) >= 11 is 0. The number of halogens is 4. The molecule has 0 aromatic rings. The second-order valence-electron chi connectivity index (χ2n) is 2.21. The Labute approximate surface area is 68.0 Å². The standard InChI is InChI=1S/C7H10F4O/c1-3-4-12-7(10,11)6(9)5(2)8/h3-4H2,1-2H3/b6-5+. The molecule has 0 bridgehead atoms. The van der Waals surface area contributed by atoms with Crippen LogP contribution < -0.4 is 0 Å². The number of ether oxygens (including phenoxy) is 1. The highest BCUT2D eigenvalue weighted by Gasteiger charge is 2.38. The molecule has 0 fully saturated rings. The summed E-state index contributed by atoms with van der Waals surface area (Å²) in [5.41, 5.74) is 0. The zero-order valence-corrected chi connectivity index (χ0v) is 6.83. The molecule has 0 atom stereocenters. The zero-order chi connectivity index (χ0) is 9.78. The van der Waals surface area contributed by atoms with E-state index >= 15 is 0 Å². The maximum absolute atomic E-state index is 12.4. The van der Waals surface area contributed by atoms with Crippen LogP contribution in [0, 0.1) is 0 Å². The lowest BCUT2D eigenvalue weighted by Gasteiger charge is -2.13. The fourth-order valence-corrected chi connectivity index (χ4v) is 0.494.